The van der Waals surface area contributed by atoms with Crippen molar-refractivity contribution in [2.45, 2.75) is 30.1 Å². The molecule has 0 amide bonds. The number of thioether (sulfide) groups is 1. The van der Waals surface area contributed by atoms with Gasteiger partial charge >= 0.3 is 5.97 Å². The highest BCUT2D eigenvalue weighted by molar-refractivity contribution is 7.98. The summed E-state index contributed by atoms with van der Waals surface area (Å²) in [5.41, 5.74) is 1.52. The van der Waals surface area contributed by atoms with Crippen LogP contribution in [0.1, 0.15) is 24.0 Å². The largest absolute Gasteiger partial charge is 0.481 e. The molecule has 1 N–H and O–H groups in total. The molecule has 1 saturated carbocycles. The second-order valence-electron chi connectivity index (χ2n) is 4.07. The summed E-state index contributed by atoms with van der Waals surface area (Å²) in [7, 11) is 0. The third-order valence-corrected chi connectivity index (χ3v) is 3.85. The van der Waals surface area contributed by atoms with Gasteiger partial charge in [0.2, 0.25) is 0 Å². The Morgan fingerprint density at radius 1 is 1.47 bits per heavy atom. The average molecular weight is 222 g/mol. The predicted molar refractivity (Wildman–Crippen MR) is 61.5 cm³/mol. The molecule has 0 unspecified atom stereocenters. The van der Waals surface area contributed by atoms with Gasteiger partial charge in [-0.2, -0.15) is 0 Å². The van der Waals surface area contributed by atoms with Crippen LogP contribution in [0.5, 0.6) is 0 Å². The number of carboxylic acid groups (broad SMARTS) is 1. The molecule has 3 heteroatoms. The Kier molecular flexibility index (Phi) is 2.51. The molecule has 80 valence electrons. The summed E-state index contributed by atoms with van der Waals surface area (Å²) in [6.45, 7) is 1.99. The SMILES string of the molecule is CSc1ccc(C)c(C2(C(=O)O)CC2)c1. The second-order valence-corrected chi connectivity index (χ2v) is 4.95. The second kappa shape index (κ2) is 3.56. The van der Waals surface area contributed by atoms with Gasteiger partial charge in [0.25, 0.3) is 0 Å². The minimum Gasteiger partial charge on any atom is -0.481 e. The molecule has 0 radical (unpaired) electrons. The third-order valence-electron chi connectivity index (χ3n) is 3.12. The molecule has 1 aliphatic carbocycles. The van der Waals surface area contributed by atoms with Gasteiger partial charge in [0.15, 0.2) is 0 Å². The van der Waals surface area contributed by atoms with Gasteiger partial charge in [-0.3, -0.25) is 4.79 Å². The fourth-order valence-corrected chi connectivity index (χ4v) is 2.41. The van der Waals surface area contributed by atoms with Crippen LogP contribution in [0.3, 0.4) is 0 Å². The molecular weight excluding hydrogens is 208 g/mol. The number of hydrogen-bond donors (Lipinski definition) is 1. The fourth-order valence-electron chi connectivity index (χ4n) is 1.97. The Bertz CT molecular complexity index is 408. The first-order valence-corrected chi connectivity index (χ1v) is 6.21. The molecule has 1 aromatic carbocycles. The van der Waals surface area contributed by atoms with E-state index in [1.54, 1.807) is 11.8 Å². The van der Waals surface area contributed by atoms with Gasteiger partial charge < -0.3 is 5.11 Å². The van der Waals surface area contributed by atoms with Crippen molar-refractivity contribution < 1.29 is 9.90 Å². The van der Waals surface area contributed by atoms with Gasteiger partial charge in [-0.1, -0.05) is 6.07 Å². The Balaban J connectivity index is 2.47. The Morgan fingerprint density at radius 2 is 2.13 bits per heavy atom. The van der Waals surface area contributed by atoms with Gasteiger partial charge in [-0.05, 0) is 49.3 Å². The fraction of sp³-hybridized carbons (Fsp3) is 0.417. The van der Waals surface area contributed by atoms with E-state index in [4.69, 9.17) is 0 Å². The number of rotatable bonds is 3. The van der Waals surface area contributed by atoms with Crippen molar-refractivity contribution in [2.75, 3.05) is 6.26 Å². The van der Waals surface area contributed by atoms with E-state index in [2.05, 4.69) is 0 Å². The Labute approximate surface area is 93.7 Å². The van der Waals surface area contributed by atoms with Crippen molar-refractivity contribution in [2.24, 2.45) is 0 Å². The van der Waals surface area contributed by atoms with Gasteiger partial charge in [-0.15, -0.1) is 11.8 Å². The summed E-state index contributed by atoms with van der Waals surface area (Å²) in [5.74, 6) is -0.677. The molecule has 0 bridgehead atoms. The van der Waals surface area contributed by atoms with Crippen molar-refractivity contribution in [3.63, 3.8) is 0 Å². The number of hydrogen-bond acceptors (Lipinski definition) is 2. The van der Waals surface area contributed by atoms with Crippen LogP contribution in [0.2, 0.25) is 0 Å². The van der Waals surface area contributed by atoms with Crippen LogP contribution in [0.4, 0.5) is 0 Å². The van der Waals surface area contributed by atoms with Crippen molar-refractivity contribution in [1.82, 2.24) is 0 Å². The van der Waals surface area contributed by atoms with Crippen LogP contribution in [-0.2, 0) is 10.2 Å². The number of carboxylic acids is 1. The first-order valence-electron chi connectivity index (χ1n) is 4.99. The van der Waals surface area contributed by atoms with Crippen LogP contribution in [0.15, 0.2) is 23.1 Å². The molecule has 0 aliphatic heterocycles. The molecule has 1 aromatic rings. The van der Waals surface area contributed by atoms with E-state index in [-0.39, 0.29) is 0 Å². The maximum atomic E-state index is 11.2. The molecule has 1 fully saturated rings. The van der Waals surface area contributed by atoms with Crippen LogP contribution in [0, 0.1) is 6.92 Å². The lowest BCUT2D eigenvalue weighted by Crippen LogP contribution is -2.20. The van der Waals surface area contributed by atoms with Crippen LogP contribution < -0.4 is 0 Å². The highest BCUT2D eigenvalue weighted by Gasteiger charge is 2.52. The van der Waals surface area contributed by atoms with Crippen molar-refractivity contribution in [3.8, 4) is 0 Å². The number of aliphatic carboxylic acids is 1. The lowest BCUT2D eigenvalue weighted by molar-refractivity contribution is -0.140. The summed E-state index contributed by atoms with van der Waals surface area (Å²) in [6.07, 6.45) is 3.57. The van der Waals surface area contributed by atoms with Crippen molar-refractivity contribution in [3.05, 3.63) is 29.3 Å². The minimum atomic E-state index is -0.677. The maximum Gasteiger partial charge on any atom is 0.314 e. The molecular formula is C12H14O2S. The molecule has 0 aromatic heterocycles. The normalized spacial score (nSPS) is 17.5. The molecule has 15 heavy (non-hydrogen) atoms. The van der Waals surface area contributed by atoms with Crippen LogP contribution >= 0.6 is 11.8 Å². The molecule has 1 aliphatic rings. The summed E-state index contributed by atoms with van der Waals surface area (Å²) < 4.78 is 0. The van der Waals surface area contributed by atoms with E-state index >= 15 is 0 Å². The van der Waals surface area contributed by atoms with Gasteiger partial charge in [0, 0.05) is 4.90 Å². The highest BCUT2D eigenvalue weighted by Crippen LogP contribution is 2.50. The summed E-state index contributed by atoms with van der Waals surface area (Å²) in [4.78, 5) is 12.4. The first-order chi connectivity index (χ1) is 7.10. The van der Waals surface area contributed by atoms with Gasteiger partial charge in [0.1, 0.15) is 0 Å². The molecule has 2 rings (SSSR count). The molecule has 0 spiro atoms. The first kappa shape index (κ1) is 10.6. The van der Waals surface area contributed by atoms with E-state index < -0.39 is 11.4 Å². The topological polar surface area (TPSA) is 37.3 Å². The monoisotopic (exact) mass is 222 g/mol. The Hall–Kier alpha value is -0.960. The molecule has 2 nitrogen and oxygen atoms in total. The van der Waals surface area contributed by atoms with Crippen LogP contribution in [-0.4, -0.2) is 17.3 Å². The minimum absolute atomic E-state index is 0.574. The molecule has 0 atom stereocenters. The lowest BCUT2D eigenvalue weighted by Gasteiger charge is -2.14. The van der Waals surface area contributed by atoms with Crippen molar-refractivity contribution >= 4 is 17.7 Å². The summed E-state index contributed by atoms with van der Waals surface area (Å²) in [5, 5.41) is 9.24. The summed E-state index contributed by atoms with van der Waals surface area (Å²) in [6, 6.07) is 6.09. The van der Waals surface area contributed by atoms with Crippen LogP contribution in [0.25, 0.3) is 0 Å². The summed E-state index contributed by atoms with van der Waals surface area (Å²) >= 11 is 1.65. The van der Waals surface area contributed by atoms with E-state index in [1.165, 1.54) is 0 Å². The zero-order chi connectivity index (χ0) is 11.1. The highest BCUT2D eigenvalue weighted by atomic mass is 32.2. The van der Waals surface area contributed by atoms with E-state index in [9.17, 15) is 9.90 Å². The maximum absolute atomic E-state index is 11.2. The predicted octanol–water partition coefficient (Wildman–Crippen LogP) is 2.83. The zero-order valence-electron chi connectivity index (χ0n) is 8.91. The smallest absolute Gasteiger partial charge is 0.314 e. The number of carbonyl (C=O) groups is 1. The van der Waals surface area contributed by atoms with Gasteiger partial charge in [-0.25, -0.2) is 0 Å². The number of aryl methyl sites for hydroxylation is 1. The third kappa shape index (κ3) is 1.65. The average Bonchev–Trinajstić information content (AvgIpc) is 2.99. The molecule has 0 saturated heterocycles. The standard InChI is InChI=1S/C12H14O2S/c1-8-3-4-9(15-2)7-10(8)12(5-6-12)11(13)14/h3-4,7H,5-6H2,1-2H3,(H,13,14). The lowest BCUT2D eigenvalue weighted by atomic mass is 9.92. The van der Waals surface area contributed by atoms with E-state index in [0.29, 0.717) is 0 Å². The Morgan fingerprint density at radius 3 is 2.60 bits per heavy atom. The van der Waals surface area contributed by atoms with E-state index in [1.807, 2.05) is 31.4 Å². The van der Waals surface area contributed by atoms with E-state index in [0.717, 1.165) is 28.9 Å². The molecule has 0 heterocycles. The van der Waals surface area contributed by atoms with Crippen molar-refractivity contribution in [1.29, 1.82) is 0 Å². The van der Waals surface area contributed by atoms with Gasteiger partial charge in [0.05, 0.1) is 5.41 Å². The number of benzene rings is 1. The quantitative estimate of drug-likeness (QED) is 0.799. The zero-order valence-corrected chi connectivity index (χ0v) is 9.73.